The minimum Gasteiger partial charge on any atom is -0.507 e. The van der Waals surface area contributed by atoms with Gasteiger partial charge >= 0.3 is 5.97 Å². The van der Waals surface area contributed by atoms with Crippen molar-refractivity contribution in [2.45, 2.75) is 43.9 Å². The first kappa shape index (κ1) is 25.0. The van der Waals surface area contributed by atoms with Crippen molar-refractivity contribution >= 4 is 29.3 Å². The van der Waals surface area contributed by atoms with Crippen molar-refractivity contribution in [3.63, 3.8) is 0 Å². The Morgan fingerprint density at radius 2 is 1.85 bits per heavy atom. The molecule has 0 heterocycles. The van der Waals surface area contributed by atoms with Crippen molar-refractivity contribution in [3.05, 3.63) is 87.9 Å². The standard InChI is InChI=1S/C27H29ClO4S/c1-2-7-22-24(12-11-21(27(22)31)16-19-8-4-3-5-9-19)32-14-6-15-33-25-13-10-20(17-23(25)28)18-26(29)30/h3-5,8-13,17,31H,2,6-7,14-16,18H2,1H3,(H,29,30). The second-order valence-corrected chi connectivity index (χ2v) is 9.39. The Bertz CT molecular complexity index is 1070. The number of hydrogen-bond acceptors (Lipinski definition) is 4. The second-order valence-electron chi connectivity index (χ2n) is 7.85. The third-order valence-corrected chi connectivity index (χ3v) is 6.80. The number of carbonyl (C=O) groups is 1. The summed E-state index contributed by atoms with van der Waals surface area (Å²) < 4.78 is 6.04. The number of phenols is 1. The molecule has 0 unspecified atom stereocenters. The van der Waals surface area contributed by atoms with Crippen LogP contribution in [0, 0.1) is 0 Å². The van der Waals surface area contributed by atoms with Crippen LogP contribution in [0.2, 0.25) is 5.02 Å². The summed E-state index contributed by atoms with van der Waals surface area (Å²) in [5, 5.41) is 20.4. The molecule has 2 N–H and O–H groups in total. The Kier molecular flexibility index (Phi) is 9.52. The van der Waals surface area contributed by atoms with Crippen LogP contribution in [0.1, 0.15) is 42.0 Å². The number of phenolic OH excluding ortho intramolecular Hbond substituents is 1. The second kappa shape index (κ2) is 12.6. The molecule has 0 aliphatic heterocycles. The summed E-state index contributed by atoms with van der Waals surface area (Å²) in [7, 11) is 0. The van der Waals surface area contributed by atoms with E-state index < -0.39 is 5.97 Å². The van der Waals surface area contributed by atoms with Crippen molar-refractivity contribution in [1.29, 1.82) is 0 Å². The average Bonchev–Trinajstić information content (AvgIpc) is 2.79. The highest BCUT2D eigenvalue weighted by Gasteiger charge is 2.14. The number of hydrogen-bond donors (Lipinski definition) is 2. The molecule has 3 aromatic rings. The maximum atomic E-state index is 10.9. The molecule has 0 bridgehead atoms. The molecular formula is C27H29ClO4S. The van der Waals surface area contributed by atoms with Gasteiger partial charge in [-0.15, -0.1) is 11.8 Å². The minimum absolute atomic E-state index is 0.0322. The van der Waals surface area contributed by atoms with E-state index in [-0.39, 0.29) is 6.42 Å². The van der Waals surface area contributed by atoms with Gasteiger partial charge in [-0.3, -0.25) is 4.79 Å². The van der Waals surface area contributed by atoms with Crippen LogP contribution in [0.3, 0.4) is 0 Å². The Labute approximate surface area is 204 Å². The summed E-state index contributed by atoms with van der Waals surface area (Å²) in [6.07, 6.45) is 3.15. The molecule has 0 aliphatic carbocycles. The van der Waals surface area contributed by atoms with Crippen molar-refractivity contribution in [2.75, 3.05) is 12.4 Å². The largest absolute Gasteiger partial charge is 0.507 e. The van der Waals surface area contributed by atoms with Crippen LogP contribution >= 0.6 is 23.4 Å². The normalized spacial score (nSPS) is 10.8. The SMILES string of the molecule is CCCc1c(OCCCSc2ccc(CC(=O)O)cc2Cl)ccc(Cc2ccccc2)c1O. The smallest absolute Gasteiger partial charge is 0.307 e. The molecule has 174 valence electrons. The fraction of sp³-hybridized carbons (Fsp3) is 0.296. The number of aliphatic carboxylic acids is 1. The minimum atomic E-state index is -0.870. The molecule has 3 aromatic carbocycles. The molecule has 4 nitrogen and oxygen atoms in total. The van der Waals surface area contributed by atoms with Crippen molar-refractivity contribution < 1.29 is 19.7 Å². The van der Waals surface area contributed by atoms with Gasteiger partial charge in [0.05, 0.1) is 18.1 Å². The molecule has 0 aromatic heterocycles. The van der Waals surface area contributed by atoms with Crippen LogP contribution in [0.4, 0.5) is 0 Å². The maximum Gasteiger partial charge on any atom is 0.307 e. The van der Waals surface area contributed by atoms with Crippen LogP contribution in [0.5, 0.6) is 11.5 Å². The number of carboxylic acid groups (broad SMARTS) is 1. The highest BCUT2D eigenvalue weighted by Crippen LogP contribution is 2.34. The summed E-state index contributed by atoms with van der Waals surface area (Å²) in [6.45, 7) is 2.63. The molecule has 33 heavy (non-hydrogen) atoms. The zero-order valence-electron chi connectivity index (χ0n) is 18.7. The van der Waals surface area contributed by atoms with E-state index in [0.717, 1.165) is 52.4 Å². The Morgan fingerprint density at radius 3 is 2.55 bits per heavy atom. The lowest BCUT2D eigenvalue weighted by Gasteiger charge is -2.16. The van der Waals surface area contributed by atoms with E-state index in [1.54, 1.807) is 23.9 Å². The molecule has 0 saturated carbocycles. The van der Waals surface area contributed by atoms with Crippen molar-refractivity contribution in [3.8, 4) is 11.5 Å². The molecule has 0 fully saturated rings. The van der Waals surface area contributed by atoms with Gasteiger partial charge in [-0.05, 0) is 47.7 Å². The number of benzene rings is 3. The zero-order valence-corrected chi connectivity index (χ0v) is 20.3. The summed E-state index contributed by atoms with van der Waals surface area (Å²) in [5.74, 6) is 1.03. The highest BCUT2D eigenvalue weighted by atomic mass is 35.5. The Hall–Kier alpha value is -2.63. The monoisotopic (exact) mass is 484 g/mol. The molecule has 0 saturated heterocycles. The van der Waals surface area contributed by atoms with E-state index in [1.807, 2.05) is 36.4 Å². The van der Waals surface area contributed by atoms with Gasteiger partial charge in [-0.2, -0.15) is 0 Å². The molecular weight excluding hydrogens is 456 g/mol. The van der Waals surface area contributed by atoms with Gasteiger partial charge in [0, 0.05) is 22.6 Å². The first-order chi connectivity index (χ1) is 16.0. The first-order valence-electron chi connectivity index (χ1n) is 11.1. The number of halogens is 1. The fourth-order valence-corrected chi connectivity index (χ4v) is 4.83. The van der Waals surface area contributed by atoms with Gasteiger partial charge < -0.3 is 14.9 Å². The van der Waals surface area contributed by atoms with Gasteiger partial charge in [-0.25, -0.2) is 0 Å². The van der Waals surface area contributed by atoms with E-state index in [0.29, 0.717) is 29.4 Å². The number of aromatic hydroxyl groups is 1. The van der Waals surface area contributed by atoms with E-state index in [4.69, 9.17) is 21.4 Å². The predicted octanol–water partition coefficient (Wildman–Crippen LogP) is 6.78. The van der Waals surface area contributed by atoms with Gasteiger partial charge in [-0.1, -0.05) is 67.4 Å². The van der Waals surface area contributed by atoms with E-state index in [2.05, 4.69) is 19.1 Å². The van der Waals surface area contributed by atoms with Crippen LogP contribution in [0.25, 0.3) is 0 Å². The van der Waals surface area contributed by atoms with Crippen LogP contribution in [-0.4, -0.2) is 28.5 Å². The fourth-order valence-electron chi connectivity index (χ4n) is 3.62. The highest BCUT2D eigenvalue weighted by molar-refractivity contribution is 7.99. The predicted molar refractivity (Wildman–Crippen MR) is 135 cm³/mol. The van der Waals surface area contributed by atoms with Crippen LogP contribution < -0.4 is 4.74 Å². The third-order valence-electron chi connectivity index (χ3n) is 5.22. The van der Waals surface area contributed by atoms with Crippen molar-refractivity contribution in [1.82, 2.24) is 0 Å². The zero-order chi connectivity index (χ0) is 23.6. The van der Waals surface area contributed by atoms with Crippen LogP contribution in [0.15, 0.2) is 65.6 Å². The number of rotatable bonds is 12. The maximum absolute atomic E-state index is 10.9. The number of carboxylic acids is 1. The number of ether oxygens (including phenoxy) is 1. The molecule has 0 atom stereocenters. The molecule has 0 amide bonds. The number of thioether (sulfide) groups is 1. The summed E-state index contributed by atoms with van der Waals surface area (Å²) >= 11 is 7.92. The van der Waals surface area contributed by atoms with Gasteiger partial charge in [0.15, 0.2) is 0 Å². The van der Waals surface area contributed by atoms with Gasteiger partial charge in [0.25, 0.3) is 0 Å². The van der Waals surface area contributed by atoms with Crippen LogP contribution in [-0.2, 0) is 24.1 Å². The topological polar surface area (TPSA) is 66.8 Å². The van der Waals surface area contributed by atoms with E-state index in [1.165, 1.54) is 0 Å². The molecule has 0 spiro atoms. The van der Waals surface area contributed by atoms with Gasteiger partial charge in [0.2, 0.25) is 0 Å². The lowest BCUT2D eigenvalue weighted by Crippen LogP contribution is -2.03. The Morgan fingerprint density at radius 1 is 1.06 bits per heavy atom. The third kappa shape index (κ3) is 7.44. The molecule has 0 aliphatic rings. The van der Waals surface area contributed by atoms with Gasteiger partial charge in [0.1, 0.15) is 11.5 Å². The molecule has 3 rings (SSSR count). The lowest BCUT2D eigenvalue weighted by atomic mass is 9.98. The molecule has 6 heteroatoms. The van der Waals surface area contributed by atoms with E-state index in [9.17, 15) is 9.90 Å². The van der Waals surface area contributed by atoms with Crippen molar-refractivity contribution in [2.24, 2.45) is 0 Å². The summed E-state index contributed by atoms with van der Waals surface area (Å²) in [4.78, 5) is 11.8. The molecule has 0 radical (unpaired) electrons. The lowest BCUT2D eigenvalue weighted by molar-refractivity contribution is -0.136. The van der Waals surface area contributed by atoms with E-state index >= 15 is 0 Å². The average molecular weight is 485 g/mol. The quantitative estimate of drug-likeness (QED) is 0.219. The summed E-state index contributed by atoms with van der Waals surface area (Å²) in [5.41, 5.74) is 3.64. The summed E-state index contributed by atoms with van der Waals surface area (Å²) in [6, 6.07) is 19.4. The first-order valence-corrected chi connectivity index (χ1v) is 12.5. The Balaban J connectivity index is 1.55.